The van der Waals surface area contributed by atoms with E-state index in [-0.39, 0.29) is 11.5 Å². The van der Waals surface area contributed by atoms with E-state index in [0.717, 1.165) is 0 Å². The summed E-state index contributed by atoms with van der Waals surface area (Å²) in [6.07, 6.45) is 0.553. The van der Waals surface area contributed by atoms with Gasteiger partial charge in [-0.15, -0.1) is 0 Å². The minimum atomic E-state index is -2.91. The van der Waals surface area contributed by atoms with E-state index in [4.69, 9.17) is 9.57 Å². The quantitative estimate of drug-likeness (QED) is 0.796. The second-order valence-electron chi connectivity index (χ2n) is 4.96. The number of nitrogens with zero attached hydrogens (tertiary/aromatic N) is 1. The average molecular weight is 317 g/mol. The van der Waals surface area contributed by atoms with Gasteiger partial charge in [-0.05, 0) is 29.4 Å². The highest BCUT2D eigenvalue weighted by Gasteiger charge is 2.55. The zero-order valence-electron chi connectivity index (χ0n) is 11.2. The van der Waals surface area contributed by atoms with Crippen LogP contribution in [0.25, 0.3) is 0 Å². The molecule has 1 fully saturated rings. The van der Waals surface area contributed by atoms with Crippen molar-refractivity contribution in [1.82, 2.24) is 0 Å². The summed E-state index contributed by atoms with van der Waals surface area (Å²) in [5.74, 6) is 1.12. The van der Waals surface area contributed by atoms with Crippen molar-refractivity contribution in [1.29, 1.82) is 0 Å². The Bertz CT molecular complexity index is 575. The molecule has 0 amide bonds. The molecule has 1 aromatic rings. The first-order valence-electron chi connectivity index (χ1n) is 6.25. The molecule has 0 saturated carbocycles. The Kier molecular flexibility index (Phi) is 3.66. The Hall–Kier alpha value is -1.54. The Balaban J connectivity index is 1.77. The Labute approximate surface area is 123 Å². The maximum Gasteiger partial charge on any atom is 0.387 e. The normalized spacial score (nSPS) is 27.3. The lowest BCUT2D eigenvalue weighted by molar-refractivity contribution is -0.0512. The average Bonchev–Trinajstić information content (AvgIpc) is 2.83. The molecular weight excluding hydrogens is 304 g/mol. The van der Waals surface area contributed by atoms with Crippen LogP contribution in [0.15, 0.2) is 23.4 Å². The third-order valence-corrected chi connectivity index (χ3v) is 5.10. The van der Waals surface area contributed by atoms with E-state index in [0.29, 0.717) is 29.2 Å². The summed E-state index contributed by atoms with van der Waals surface area (Å²) in [6.45, 7) is -2.91. The highest BCUT2D eigenvalue weighted by Crippen LogP contribution is 2.38. The van der Waals surface area contributed by atoms with Crippen LogP contribution < -0.4 is 9.47 Å². The van der Waals surface area contributed by atoms with E-state index >= 15 is 0 Å². The monoisotopic (exact) mass is 317 g/mol. The van der Waals surface area contributed by atoms with E-state index in [1.807, 2.05) is 0 Å². The fourth-order valence-electron chi connectivity index (χ4n) is 2.42. The smallest absolute Gasteiger partial charge is 0.387 e. The first-order valence-corrected chi connectivity index (χ1v) is 7.73. The van der Waals surface area contributed by atoms with E-state index in [2.05, 4.69) is 9.89 Å². The summed E-state index contributed by atoms with van der Waals surface area (Å²) < 4.78 is 45.2. The number of oxime groups is 1. The van der Waals surface area contributed by atoms with Crippen LogP contribution in [0.2, 0.25) is 0 Å². The van der Waals surface area contributed by atoms with Crippen molar-refractivity contribution >= 4 is 16.9 Å². The SMILES string of the molecule is COc1cc(C2=NOC3(C2)C[S+]([O-])C3)ccc1OC(F)F. The maximum atomic E-state index is 12.3. The van der Waals surface area contributed by atoms with Crippen molar-refractivity contribution in [2.24, 2.45) is 5.16 Å². The first-order chi connectivity index (χ1) is 10.0. The lowest BCUT2D eigenvalue weighted by Gasteiger charge is -2.35. The highest BCUT2D eigenvalue weighted by atomic mass is 32.2. The molecule has 0 aromatic heterocycles. The molecule has 2 aliphatic rings. The fourth-order valence-corrected chi connectivity index (χ4v) is 3.81. The molecule has 8 heteroatoms. The number of ether oxygens (including phenoxy) is 2. The molecule has 0 atom stereocenters. The van der Waals surface area contributed by atoms with Gasteiger partial charge in [0.1, 0.15) is 0 Å². The lowest BCUT2D eigenvalue weighted by atomic mass is 9.96. The van der Waals surface area contributed by atoms with Gasteiger partial charge in [0.25, 0.3) is 0 Å². The van der Waals surface area contributed by atoms with E-state index in [1.54, 1.807) is 12.1 Å². The number of alkyl halides is 2. The van der Waals surface area contributed by atoms with Gasteiger partial charge in [0, 0.05) is 12.0 Å². The Morgan fingerprint density at radius 1 is 1.38 bits per heavy atom. The molecule has 114 valence electrons. The first kappa shape index (κ1) is 14.4. The number of halogens is 2. The van der Waals surface area contributed by atoms with Gasteiger partial charge in [0.15, 0.2) is 23.0 Å². The summed E-state index contributed by atoms with van der Waals surface area (Å²) in [5, 5.41) is 4.02. The molecule has 0 unspecified atom stereocenters. The summed E-state index contributed by atoms with van der Waals surface area (Å²) in [7, 11) is 1.38. The molecule has 0 radical (unpaired) electrons. The summed E-state index contributed by atoms with van der Waals surface area (Å²) in [5.41, 5.74) is 0.947. The molecule has 2 heterocycles. The molecule has 0 N–H and O–H groups in total. The number of methoxy groups -OCH3 is 1. The van der Waals surface area contributed by atoms with Crippen molar-refractivity contribution in [2.45, 2.75) is 18.6 Å². The molecule has 2 aliphatic heterocycles. The second-order valence-corrected chi connectivity index (χ2v) is 6.42. The summed E-state index contributed by atoms with van der Waals surface area (Å²) >= 11 is -0.835. The fraction of sp³-hybridized carbons (Fsp3) is 0.462. The molecule has 3 rings (SSSR count). The zero-order valence-corrected chi connectivity index (χ0v) is 12.0. The van der Waals surface area contributed by atoms with Crippen LogP contribution in [-0.4, -0.2) is 41.1 Å². The van der Waals surface area contributed by atoms with E-state index in [1.165, 1.54) is 13.2 Å². The van der Waals surface area contributed by atoms with E-state index < -0.39 is 23.4 Å². The van der Waals surface area contributed by atoms with Crippen LogP contribution in [0.1, 0.15) is 12.0 Å². The van der Waals surface area contributed by atoms with Gasteiger partial charge in [-0.25, -0.2) is 0 Å². The van der Waals surface area contributed by atoms with Gasteiger partial charge in [-0.2, -0.15) is 8.78 Å². The van der Waals surface area contributed by atoms with Crippen LogP contribution in [0.4, 0.5) is 8.78 Å². The Morgan fingerprint density at radius 2 is 2.14 bits per heavy atom. The number of hydrogen-bond acceptors (Lipinski definition) is 5. The molecular formula is C13H13F2NO4S. The summed E-state index contributed by atoms with van der Waals surface area (Å²) in [6, 6.07) is 4.61. The lowest BCUT2D eigenvalue weighted by Crippen LogP contribution is -2.54. The largest absolute Gasteiger partial charge is 0.616 e. The molecule has 0 bridgehead atoms. The summed E-state index contributed by atoms with van der Waals surface area (Å²) in [4.78, 5) is 5.39. The van der Waals surface area contributed by atoms with Crippen LogP contribution in [0.5, 0.6) is 11.5 Å². The van der Waals surface area contributed by atoms with Crippen LogP contribution in [0.3, 0.4) is 0 Å². The van der Waals surface area contributed by atoms with Gasteiger partial charge < -0.3 is 18.9 Å². The van der Waals surface area contributed by atoms with Crippen LogP contribution >= 0.6 is 0 Å². The van der Waals surface area contributed by atoms with Crippen molar-refractivity contribution < 1.29 is 27.6 Å². The predicted octanol–water partition coefficient (Wildman–Crippen LogP) is 1.92. The Morgan fingerprint density at radius 3 is 2.76 bits per heavy atom. The standard InChI is InChI=1S/C13H13F2NO4S/c1-18-11-4-8(2-3-10(11)19-12(14)15)9-5-13(20-16-9)6-21(17)7-13/h2-4,12H,5-7H2,1H3. The van der Waals surface area contributed by atoms with Crippen molar-refractivity contribution in [2.75, 3.05) is 18.6 Å². The molecule has 1 aromatic carbocycles. The molecule has 0 aliphatic carbocycles. The van der Waals surface area contributed by atoms with Gasteiger partial charge in [-0.3, -0.25) is 0 Å². The minimum Gasteiger partial charge on any atom is -0.616 e. The third-order valence-electron chi connectivity index (χ3n) is 3.40. The zero-order chi connectivity index (χ0) is 15.0. The van der Waals surface area contributed by atoms with Crippen molar-refractivity contribution in [3.8, 4) is 11.5 Å². The number of hydrogen-bond donors (Lipinski definition) is 0. The molecule has 5 nitrogen and oxygen atoms in total. The van der Waals surface area contributed by atoms with Crippen molar-refractivity contribution in [3.05, 3.63) is 23.8 Å². The molecule has 1 saturated heterocycles. The number of benzene rings is 1. The van der Waals surface area contributed by atoms with Crippen LogP contribution in [0, 0.1) is 0 Å². The molecule has 21 heavy (non-hydrogen) atoms. The van der Waals surface area contributed by atoms with Gasteiger partial charge >= 0.3 is 6.61 Å². The second kappa shape index (κ2) is 5.34. The van der Waals surface area contributed by atoms with E-state index in [9.17, 15) is 13.3 Å². The number of rotatable bonds is 4. The molecule has 1 spiro atoms. The highest BCUT2D eigenvalue weighted by molar-refractivity contribution is 7.93. The minimum absolute atomic E-state index is 0.0322. The van der Waals surface area contributed by atoms with Gasteiger partial charge in [0.2, 0.25) is 5.60 Å². The topological polar surface area (TPSA) is 63.1 Å². The van der Waals surface area contributed by atoms with Gasteiger partial charge in [0.05, 0.1) is 12.8 Å². The predicted molar refractivity (Wildman–Crippen MR) is 72.5 cm³/mol. The van der Waals surface area contributed by atoms with Crippen LogP contribution in [-0.2, 0) is 16.0 Å². The van der Waals surface area contributed by atoms with Gasteiger partial charge in [-0.1, -0.05) is 5.16 Å². The third kappa shape index (κ3) is 2.77. The van der Waals surface area contributed by atoms with Crippen molar-refractivity contribution in [3.63, 3.8) is 0 Å². The maximum absolute atomic E-state index is 12.3.